The van der Waals surface area contributed by atoms with Crippen LogP contribution in [0, 0.1) is 0 Å². The number of hydrogen-bond donors (Lipinski definition) is 1. The Balaban J connectivity index is -0.000000125. The molecule has 0 aliphatic rings. The van der Waals surface area contributed by atoms with Gasteiger partial charge in [0.15, 0.2) is 5.75 Å². The maximum atomic E-state index is 9.01. The van der Waals surface area contributed by atoms with Gasteiger partial charge in [-0.2, -0.15) is 0 Å². The minimum absolute atomic E-state index is 0. The minimum atomic E-state index is -0.132. The molecular formula is C6H5Cl3KNaO. The first-order chi connectivity index (χ1) is 4.61. The zero-order chi connectivity index (χ0) is 7.72. The average molecular weight is 262 g/mol. The number of benzene rings is 1. The Morgan fingerprint density at radius 2 is 1.42 bits per heavy atom. The Labute approximate surface area is 153 Å². The molecule has 1 nitrogen and oxygen atoms in total. The van der Waals surface area contributed by atoms with Gasteiger partial charge in [-0.15, -0.1) is 0 Å². The van der Waals surface area contributed by atoms with Crippen molar-refractivity contribution in [2.45, 2.75) is 0 Å². The van der Waals surface area contributed by atoms with Gasteiger partial charge in [0.25, 0.3) is 0 Å². The van der Waals surface area contributed by atoms with E-state index in [4.69, 9.17) is 39.9 Å². The Morgan fingerprint density at radius 3 is 1.75 bits per heavy atom. The molecule has 1 rings (SSSR count). The van der Waals surface area contributed by atoms with Crippen molar-refractivity contribution in [3.8, 4) is 5.75 Å². The van der Waals surface area contributed by atoms with E-state index in [1.165, 1.54) is 12.1 Å². The van der Waals surface area contributed by atoms with Gasteiger partial charge in [0.2, 0.25) is 0 Å². The molecule has 1 aromatic rings. The van der Waals surface area contributed by atoms with Gasteiger partial charge in [-0.05, 0) is 12.1 Å². The predicted octanol–water partition coefficient (Wildman–Crippen LogP) is -2.41. The first-order valence-corrected chi connectivity index (χ1v) is 3.58. The largest absolute Gasteiger partial charge is 1.00 e. The maximum absolute atomic E-state index is 9.01. The van der Waals surface area contributed by atoms with Crippen LogP contribution in [0.3, 0.4) is 0 Å². The second-order valence-electron chi connectivity index (χ2n) is 1.72. The molecule has 6 heteroatoms. The molecule has 0 amide bonds. The molecule has 0 unspecified atom stereocenters. The molecule has 0 saturated heterocycles. The van der Waals surface area contributed by atoms with Gasteiger partial charge in [0, 0.05) is 5.02 Å². The fourth-order valence-electron chi connectivity index (χ4n) is 0.535. The third-order valence-corrected chi connectivity index (χ3v) is 1.78. The van der Waals surface area contributed by atoms with Crippen molar-refractivity contribution >= 4 is 34.8 Å². The quantitative estimate of drug-likeness (QED) is 0.516. The summed E-state index contributed by atoms with van der Waals surface area (Å²) in [7, 11) is 0. The van der Waals surface area contributed by atoms with Crippen LogP contribution in [0.4, 0.5) is 0 Å². The molecule has 0 atom stereocenters. The summed E-state index contributed by atoms with van der Waals surface area (Å²) >= 11 is 16.5. The number of rotatable bonds is 0. The van der Waals surface area contributed by atoms with E-state index in [1.54, 1.807) is 0 Å². The first-order valence-electron chi connectivity index (χ1n) is 2.45. The van der Waals surface area contributed by atoms with Gasteiger partial charge in [0.1, 0.15) is 0 Å². The van der Waals surface area contributed by atoms with Crippen molar-refractivity contribution in [3.05, 3.63) is 27.2 Å². The van der Waals surface area contributed by atoms with E-state index in [0.717, 1.165) is 0 Å². The molecule has 0 heterocycles. The Hall–Kier alpha value is 2.53. The van der Waals surface area contributed by atoms with Gasteiger partial charge in [0.05, 0.1) is 10.0 Å². The molecule has 0 saturated carbocycles. The van der Waals surface area contributed by atoms with Gasteiger partial charge in [-0.25, -0.2) is 0 Å². The van der Waals surface area contributed by atoms with Gasteiger partial charge >= 0.3 is 80.9 Å². The van der Waals surface area contributed by atoms with Crippen LogP contribution < -0.4 is 80.9 Å². The molecular weight excluding hydrogens is 257 g/mol. The number of aromatic hydroxyl groups is 1. The van der Waals surface area contributed by atoms with Gasteiger partial charge in [-0.1, -0.05) is 34.8 Å². The first kappa shape index (κ1) is 16.9. The summed E-state index contributed by atoms with van der Waals surface area (Å²) < 4.78 is 0. The van der Waals surface area contributed by atoms with Crippen LogP contribution in [0.1, 0.15) is 2.85 Å². The van der Waals surface area contributed by atoms with E-state index < -0.39 is 0 Å². The van der Waals surface area contributed by atoms with Crippen molar-refractivity contribution in [1.82, 2.24) is 0 Å². The third-order valence-electron chi connectivity index (χ3n) is 0.982. The number of phenolic OH excluding ortho intramolecular Hbond substituents is 1. The standard InChI is InChI=1S/C6H3Cl3O.K.Na.2H/c7-3-1-4(8)6(10)5(9)2-3;;;;/h1-2,10H;;;;/q;2*+1;2*-1. The van der Waals surface area contributed by atoms with Crippen molar-refractivity contribution in [2.75, 3.05) is 0 Å². The number of halogens is 3. The number of hydrogen-bond acceptors (Lipinski definition) is 1. The molecule has 0 aliphatic heterocycles. The second-order valence-corrected chi connectivity index (χ2v) is 2.97. The molecule has 0 aliphatic carbocycles. The van der Waals surface area contributed by atoms with Crippen LogP contribution in [0.15, 0.2) is 12.1 Å². The molecule has 0 spiro atoms. The molecule has 0 fully saturated rings. The zero-order valence-corrected chi connectivity index (χ0v) is 14.1. The van der Waals surface area contributed by atoms with Crippen LogP contribution in [-0.4, -0.2) is 5.11 Å². The van der Waals surface area contributed by atoms with Crippen LogP contribution in [-0.2, 0) is 0 Å². The van der Waals surface area contributed by atoms with E-state index in [0.29, 0.717) is 5.02 Å². The predicted molar refractivity (Wildman–Crippen MR) is 45.4 cm³/mol. The summed E-state index contributed by atoms with van der Waals surface area (Å²) in [6.07, 6.45) is 0. The smallest absolute Gasteiger partial charge is 1.00 e. The summed E-state index contributed by atoms with van der Waals surface area (Å²) in [6.45, 7) is 0. The van der Waals surface area contributed by atoms with Crippen LogP contribution >= 0.6 is 34.8 Å². The van der Waals surface area contributed by atoms with Crippen molar-refractivity contribution in [3.63, 3.8) is 0 Å². The van der Waals surface area contributed by atoms with Crippen LogP contribution in [0.5, 0.6) is 5.75 Å². The SMILES string of the molecule is Oc1c(Cl)cc(Cl)cc1Cl.[H-].[H-].[K+].[Na+]. The maximum Gasteiger partial charge on any atom is 1.00 e. The monoisotopic (exact) mass is 260 g/mol. The summed E-state index contributed by atoms with van der Waals surface area (Å²) in [5, 5.41) is 9.75. The summed E-state index contributed by atoms with van der Waals surface area (Å²) in [4.78, 5) is 0. The van der Waals surface area contributed by atoms with E-state index in [1.807, 2.05) is 0 Å². The Kier molecular flexibility index (Phi) is 11.0. The van der Waals surface area contributed by atoms with Crippen molar-refractivity contribution in [2.24, 2.45) is 0 Å². The molecule has 0 bridgehead atoms. The number of phenols is 1. The molecule has 12 heavy (non-hydrogen) atoms. The Morgan fingerprint density at radius 1 is 1.08 bits per heavy atom. The van der Waals surface area contributed by atoms with Crippen molar-refractivity contribution < 1.29 is 88.9 Å². The Bertz CT molecular complexity index is 254. The fraction of sp³-hybridized carbons (Fsp3) is 0. The minimum Gasteiger partial charge on any atom is -1.00 e. The topological polar surface area (TPSA) is 20.2 Å². The van der Waals surface area contributed by atoms with E-state index >= 15 is 0 Å². The summed E-state index contributed by atoms with van der Waals surface area (Å²) in [5.74, 6) is -0.132. The summed E-state index contributed by atoms with van der Waals surface area (Å²) in [5.41, 5.74) is 0. The molecule has 58 valence electrons. The van der Waals surface area contributed by atoms with Crippen LogP contribution in [0.2, 0.25) is 15.1 Å². The van der Waals surface area contributed by atoms with E-state index in [-0.39, 0.29) is 99.6 Å². The molecule has 0 aromatic heterocycles. The van der Waals surface area contributed by atoms with Gasteiger partial charge < -0.3 is 7.96 Å². The normalized spacial score (nSPS) is 8.25. The fourth-order valence-corrected chi connectivity index (χ4v) is 1.35. The molecule has 1 aromatic carbocycles. The zero-order valence-electron chi connectivity index (χ0n) is 8.74. The van der Waals surface area contributed by atoms with Gasteiger partial charge in [-0.3, -0.25) is 0 Å². The van der Waals surface area contributed by atoms with Crippen LogP contribution in [0.25, 0.3) is 0 Å². The van der Waals surface area contributed by atoms with E-state index in [9.17, 15) is 0 Å². The average Bonchev–Trinajstić information content (AvgIpc) is 1.82. The second kappa shape index (κ2) is 7.77. The molecule has 1 N–H and O–H groups in total. The van der Waals surface area contributed by atoms with Crippen molar-refractivity contribution in [1.29, 1.82) is 0 Å². The summed E-state index contributed by atoms with van der Waals surface area (Å²) in [6, 6.07) is 2.84. The molecule has 0 radical (unpaired) electrons. The van der Waals surface area contributed by atoms with E-state index in [2.05, 4.69) is 0 Å². The third kappa shape index (κ3) is 4.85.